The van der Waals surface area contributed by atoms with Gasteiger partial charge in [-0.05, 0) is 51.4 Å². The Morgan fingerprint density at radius 1 is 0.261 bits per heavy atom. The Morgan fingerprint density at radius 3 is 0.707 bits per heavy atom. The SMILES string of the molecule is CC/C=C\C/C=C\C/C=C\C/C=C\CCCCCCCCCCCCCCCCCCCCCCCCCCC(=O)OC(CO)COC(=O)CCCCCCCCCCCCCCCCCCCCCCCCCCCCCCCCCCCCCCCCCCC. The fraction of sp³-hybridized carbons (Fsp3) is 0.885. The van der Waals surface area contributed by atoms with Gasteiger partial charge in [0.15, 0.2) is 6.10 Å². The zero-order valence-corrected chi connectivity index (χ0v) is 62.6. The third-order valence-electron chi connectivity index (χ3n) is 19.6. The number of aliphatic hydroxyl groups is 1. The van der Waals surface area contributed by atoms with Gasteiger partial charge in [-0.15, -0.1) is 0 Å². The molecule has 0 aliphatic rings. The second-order valence-electron chi connectivity index (χ2n) is 28.9. The van der Waals surface area contributed by atoms with Crippen molar-refractivity contribution in [3.8, 4) is 0 Å². The summed E-state index contributed by atoms with van der Waals surface area (Å²) in [5.41, 5.74) is 0. The highest BCUT2D eigenvalue weighted by atomic mass is 16.6. The number of hydrogen-bond acceptors (Lipinski definition) is 5. The van der Waals surface area contributed by atoms with Crippen LogP contribution in [-0.4, -0.2) is 36.4 Å². The van der Waals surface area contributed by atoms with E-state index in [1.807, 2.05) is 0 Å². The minimum absolute atomic E-state index is 0.0582. The molecule has 0 saturated carbocycles. The molecular weight excluding hydrogens is 1120 g/mol. The van der Waals surface area contributed by atoms with Gasteiger partial charge in [0.05, 0.1) is 6.61 Å². The van der Waals surface area contributed by atoms with E-state index in [9.17, 15) is 14.7 Å². The Kier molecular flexibility index (Phi) is 81.2. The number of ether oxygens (including phenoxy) is 2. The van der Waals surface area contributed by atoms with Crippen LogP contribution in [0.25, 0.3) is 0 Å². The fourth-order valence-electron chi connectivity index (χ4n) is 13.4. The summed E-state index contributed by atoms with van der Waals surface area (Å²) in [6.45, 7) is 4.10. The predicted molar refractivity (Wildman–Crippen MR) is 408 cm³/mol. The number of esters is 2. The standard InChI is InChI=1S/C87H164O5/c1-3-5-7-9-11-13-15-17-19-21-23-25-27-29-31-33-35-37-39-41-42-43-44-46-47-49-51-53-55-57-59-61-63-65-67-69-71-73-75-77-79-81-86(89)91-84-85(83-88)92-87(90)82-80-78-76-74-72-70-68-66-64-62-60-58-56-54-52-50-48-45-40-38-36-34-32-30-28-26-24-22-20-18-16-14-12-10-8-6-4-2/h6,8,12,14,18,20,24,26,85,88H,3-5,7,9-11,13,15-17,19,21-23,25,27-84H2,1-2H3/b8-6-,14-12-,20-18-,26-24-. The summed E-state index contributed by atoms with van der Waals surface area (Å²) < 4.78 is 10.8. The van der Waals surface area contributed by atoms with E-state index in [-0.39, 0.29) is 25.2 Å². The zero-order chi connectivity index (χ0) is 66.1. The Bertz CT molecular complexity index is 1510. The van der Waals surface area contributed by atoms with Gasteiger partial charge in [-0.25, -0.2) is 0 Å². The lowest BCUT2D eigenvalue weighted by Gasteiger charge is -2.15. The molecule has 0 fully saturated rings. The monoisotopic (exact) mass is 1290 g/mol. The molecule has 5 nitrogen and oxygen atoms in total. The van der Waals surface area contributed by atoms with Gasteiger partial charge in [-0.3, -0.25) is 9.59 Å². The van der Waals surface area contributed by atoms with Crippen molar-refractivity contribution in [3.05, 3.63) is 48.6 Å². The molecule has 0 aromatic rings. The molecule has 0 radical (unpaired) electrons. The minimum atomic E-state index is -0.770. The van der Waals surface area contributed by atoms with Crippen LogP contribution >= 0.6 is 0 Å². The molecule has 1 atom stereocenters. The normalized spacial score (nSPS) is 12.3. The number of carbonyl (C=O) groups excluding carboxylic acids is 2. The molecule has 1 unspecified atom stereocenters. The third-order valence-corrected chi connectivity index (χ3v) is 19.6. The first kappa shape index (κ1) is 89.9. The van der Waals surface area contributed by atoms with Gasteiger partial charge in [-0.2, -0.15) is 0 Å². The molecule has 92 heavy (non-hydrogen) atoms. The van der Waals surface area contributed by atoms with E-state index in [4.69, 9.17) is 9.47 Å². The van der Waals surface area contributed by atoms with Crippen LogP contribution < -0.4 is 0 Å². The van der Waals surface area contributed by atoms with Crippen LogP contribution in [0.3, 0.4) is 0 Å². The lowest BCUT2D eigenvalue weighted by Crippen LogP contribution is -2.28. The summed E-state index contributed by atoms with van der Waals surface area (Å²) >= 11 is 0. The van der Waals surface area contributed by atoms with E-state index in [0.717, 1.165) is 57.8 Å². The first-order valence-electron chi connectivity index (χ1n) is 42.2. The maximum atomic E-state index is 12.4. The number of hydrogen-bond donors (Lipinski definition) is 1. The topological polar surface area (TPSA) is 72.8 Å². The highest BCUT2D eigenvalue weighted by Crippen LogP contribution is 2.21. The lowest BCUT2D eigenvalue weighted by molar-refractivity contribution is -0.161. The van der Waals surface area contributed by atoms with Gasteiger partial charge in [0.2, 0.25) is 0 Å². The van der Waals surface area contributed by atoms with Crippen LogP contribution in [0.5, 0.6) is 0 Å². The van der Waals surface area contributed by atoms with Crippen molar-refractivity contribution in [2.45, 2.75) is 482 Å². The van der Waals surface area contributed by atoms with Crippen LogP contribution in [-0.2, 0) is 19.1 Å². The average molecular weight is 1290 g/mol. The fourth-order valence-corrected chi connectivity index (χ4v) is 13.4. The van der Waals surface area contributed by atoms with E-state index in [0.29, 0.717) is 12.8 Å². The smallest absolute Gasteiger partial charge is 0.306 e. The number of allylic oxidation sites excluding steroid dienone is 8. The second-order valence-corrected chi connectivity index (χ2v) is 28.9. The largest absolute Gasteiger partial charge is 0.462 e. The number of unbranched alkanes of at least 4 members (excludes halogenated alkanes) is 64. The second kappa shape index (κ2) is 83.1. The van der Waals surface area contributed by atoms with E-state index in [2.05, 4.69) is 62.5 Å². The summed E-state index contributed by atoms with van der Waals surface area (Å²) in [5, 5.41) is 9.74. The van der Waals surface area contributed by atoms with Crippen molar-refractivity contribution in [1.29, 1.82) is 0 Å². The molecule has 0 aliphatic heterocycles. The van der Waals surface area contributed by atoms with Gasteiger partial charge in [0.1, 0.15) is 6.61 Å². The molecule has 0 aromatic carbocycles. The van der Waals surface area contributed by atoms with Crippen molar-refractivity contribution in [2.24, 2.45) is 0 Å². The van der Waals surface area contributed by atoms with Gasteiger partial charge >= 0.3 is 11.9 Å². The molecule has 0 bridgehead atoms. The highest BCUT2D eigenvalue weighted by Gasteiger charge is 2.16. The van der Waals surface area contributed by atoms with Crippen molar-refractivity contribution < 1.29 is 24.2 Å². The van der Waals surface area contributed by atoms with E-state index < -0.39 is 6.10 Å². The van der Waals surface area contributed by atoms with Crippen molar-refractivity contribution in [2.75, 3.05) is 13.2 Å². The van der Waals surface area contributed by atoms with Crippen molar-refractivity contribution in [3.63, 3.8) is 0 Å². The Morgan fingerprint density at radius 2 is 0.467 bits per heavy atom. The molecule has 1 N–H and O–H groups in total. The van der Waals surface area contributed by atoms with E-state index in [1.165, 1.54) is 392 Å². The van der Waals surface area contributed by atoms with Gasteiger partial charge in [0, 0.05) is 12.8 Å². The van der Waals surface area contributed by atoms with Crippen LogP contribution in [0.1, 0.15) is 476 Å². The molecule has 0 amide bonds. The van der Waals surface area contributed by atoms with Gasteiger partial charge in [0.25, 0.3) is 0 Å². The molecule has 0 aromatic heterocycles. The Balaban J connectivity index is 3.34. The zero-order valence-electron chi connectivity index (χ0n) is 62.6. The van der Waals surface area contributed by atoms with Crippen molar-refractivity contribution >= 4 is 11.9 Å². The van der Waals surface area contributed by atoms with Gasteiger partial charge in [-0.1, -0.05) is 461 Å². The summed E-state index contributed by atoms with van der Waals surface area (Å²) in [5.74, 6) is -0.561. The maximum Gasteiger partial charge on any atom is 0.306 e. The van der Waals surface area contributed by atoms with Crippen molar-refractivity contribution in [1.82, 2.24) is 0 Å². The summed E-state index contributed by atoms with van der Waals surface area (Å²) in [6.07, 6.45) is 114. The molecule has 0 heterocycles. The first-order chi connectivity index (χ1) is 45.6. The lowest BCUT2D eigenvalue weighted by atomic mass is 10.0. The predicted octanol–water partition coefficient (Wildman–Crippen LogP) is 29.8. The highest BCUT2D eigenvalue weighted by molar-refractivity contribution is 5.70. The Hall–Kier alpha value is -2.14. The minimum Gasteiger partial charge on any atom is -0.462 e. The molecule has 0 saturated heterocycles. The number of aliphatic hydroxyl groups excluding tert-OH is 1. The van der Waals surface area contributed by atoms with E-state index in [1.54, 1.807) is 0 Å². The Labute approximate surface area is 577 Å². The summed E-state index contributed by atoms with van der Waals surface area (Å²) in [6, 6.07) is 0. The molecule has 542 valence electrons. The average Bonchev–Trinajstić information content (AvgIpc) is 3.70. The van der Waals surface area contributed by atoms with E-state index >= 15 is 0 Å². The molecule has 5 heteroatoms. The quantitative estimate of drug-likeness (QED) is 0.0373. The molecular formula is C87H164O5. The molecule has 0 rings (SSSR count). The van der Waals surface area contributed by atoms with Crippen LogP contribution in [0, 0.1) is 0 Å². The molecule has 0 spiro atoms. The van der Waals surface area contributed by atoms with Gasteiger partial charge < -0.3 is 14.6 Å². The van der Waals surface area contributed by atoms with Crippen LogP contribution in [0.2, 0.25) is 0 Å². The molecule has 0 aliphatic carbocycles. The van der Waals surface area contributed by atoms with Crippen LogP contribution in [0.4, 0.5) is 0 Å². The summed E-state index contributed by atoms with van der Waals surface area (Å²) in [4.78, 5) is 24.7. The maximum absolute atomic E-state index is 12.4. The summed E-state index contributed by atoms with van der Waals surface area (Å²) in [7, 11) is 0. The van der Waals surface area contributed by atoms with Crippen LogP contribution in [0.15, 0.2) is 48.6 Å². The number of rotatable bonds is 80. The number of carbonyl (C=O) groups is 2. The third kappa shape index (κ3) is 80.3. The first-order valence-corrected chi connectivity index (χ1v) is 42.2.